The van der Waals surface area contributed by atoms with Crippen molar-refractivity contribution < 1.29 is 22.5 Å². The minimum atomic E-state index is -4.42. The van der Waals surface area contributed by atoms with Gasteiger partial charge in [0.15, 0.2) is 5.13 Å². The zero-order valence-corrected chi connectivity index (χ0v) is 14.7. The number of aryl methyl sites for hydroxylation is 2. The summed E-state index contributed by atoms with van der Waals surface area (Å²) in [6, 6.07) is 4.90. The minimum absolute atomic E-state index is 0.0830. The molecule has 5 nitrogen and oxygen atoms in total. The van der Waals surface area contributed by atoms with Crippen LogP contribution in [-0.2, 0) is 17.4 Å². The molecule has 3 aromatic rings. The summed E-state index contributed by atoms with van der Waals surface area (Å²) in [4.78, 5) is 16.4. The lowest BCUT2D eigenvalue weighted by atomic mass is 10.1. The third kappa shape index (κ3) is 3.93. The molecule has 0 spiro atoms. The van der Waals surface area contributed by atoms with Crippen LogP contribution < -0.4 is 5.32 Å². The SMILES string of the molecule is Cc1noc(C)c1CC(=O)Nc1nc(-c2cccc(C(F)(F)F)c2)cs1. The van der Waals surface area contributed by atoms with Crippen molar-refractivity contribution >= 4 is 22.4 Å². The maximum absolute atomic E-state index is 12.8. The Balaban J connectivity index is 1.73. The maximum Gasteiger partial charge on any atom is 0.416 e. The molecule has 136 valence electrons. The Bertz CT molecular complexity index is 927. The van der Waals surface area contributed by atoms with E-state index in [1.54, 1.807) is 25.3 Å². The molecule has 0 fully saturated rings. The molecule has 1 aromatic carbocycles. The van der Waals surface area contributed by atoms with E-state index in [-0.39, 0.29) is 12.3 Å². The van der Waals surface area contributed by atoms with Gasteiger partial charge in [-0.05, 0) is 26.0 Å². The van der Waals surface area contributed by atoms with Gasteiger partial charge in [0, 0.05) is 16.5 Å². The van der Waals surface area contributed by atoms with Gasteiger partial charge >= 0.3 is 6.18 Å². The van der Waals surface area contributed by atoms with E-state index in [9.17, 15) is 18.0 Å². The highest BCUT2D eigenvalue weighted by Gasteiger charge is 2.30. The molecule has 0 aliphatic carbocycles. The second kappa shape index (κ2) is 6.91. The largest absolute Gasteiger partial charge is 0.416 e. The fourth-order valence-corrected chi connectivity index (χ4v) is 3.13. The summed E-state index contributed by atoms with van der Waals surface area (Å²) < 4.78 is 43.5. The van der Waals surface area contributed by atoms with E-state index in [0.717, 1.165) is 23.5 Å². The molecular formula is C17H14F3N3O2S. The summed E-state index contributed by atoms with van der Waals surface area (Å²) in [5.41, 5.74) is 1.31. The molecule has 0 aliphatic rings. The molecule has 9 heteroatoms. The Kier molecular flexibility index (Phi) is 4.82. The Morgan fingerprint density at radius 1 is 1.31 bits per heavy atom. The predicted octanol–water partition coefficient (Wildman–Crippen LogP) is 4.61. The lowest BCUT2D eigenvalue weighted by Crippen LogP contribution is -2.15. The molecule has 1 N–H and O–H groups in total. The van der Waals surface area contributed by atoms with Crippen LogP contribution in [0, 0.1) is 13.8 Å². The van der Waals surface area contributed by atoms with Gasteiger partial charge in [-0.3, -0.25) is 4.79 Å². The zero-order valence-electron chi connectivity index (χ0n) is 13.8. The van der Waals surface area contributed by atoms with Crippen LogP contribution in [0.3, 0.4) is 0 Å². The smallest absolute Gasteiger partial charge is 0.361 e. The highest BCUT2D eigenvalue weighted by molar-refractivity contribution is 7.14. The van der Waals surface area contributed by atoms with E-state index >= 15 is 0 Å². The van der Waals surface area contributed by atoms with E-state index in [4.69, 9.17) is 4.52 Å². The van der Waals surface area contributed by atoms with E-state index in [0.29, 0.717) is 33.4 Å². The number of anilines is 1. The first-order chi connectivity index (χ1) is 12.2. The number of thiazole rings is 1. The van der Waals surface area contributed by atoms with Gasteiger partial charge in [-0.15, -0.1) is 11.3 Å². The molecule has 0 unspecified atom stereocenters. The van der Waals surface area contributed by atoms with Crippen LogP contribution in [0.4, 0.5) is 18.3 Å². The van der Waals surface area contributed by atoms with Gasteiger partial charge in [-0.2, -0.15) is 13.2 Å². The number of carbonyl (C=O) groups is 1. The molecule has 0 saturated carbocycles. The third-order valence-electron chi connectivity index (χ3n) is 3.75. The first-order valence-corrected chi connectivity index (χ1v) is 8.47. The molecular weight excluding hydrogens is 367 g/mol. The van der Waals surface area contributed by atoms with E-state index in [2.05, 4.69) is 15.5 Å². The molecule has 0 bridgehead atoms. The zero-order chi connectivity index (χ0) is 18.9. The van der Waals surface area contributed by atoms with Crippen molar-refractivity contribution in [3.05, 3.63) is 52.2 Å². The van der Waals surface area contributed by atoms with Crippen LogP contribution >= 0.6 is 11.3 Å². The van der Waals surface area contributed by atoms with Gasteiger partial charge in [0.25, 0.3) is 0 Å². The van der Waals surface area contributed by atoms with Gasteiger partial charge < -0.3 is 9.84 Å². The Morgan fingerprint density at radius 2 is 2.08 bits per heavy atom. The topological polar surface area (TPSA) is 68.0 Å². The standard InChI is InChI=1S/C17H14F3N3O2S/c1-9-13(10(2)25-23-9)7-15(24)22-16-21-14(8-26-16)11-4-3-5-12(6-11)17(18,19)20/h3-6,8H,7H2,1-2H3,(H,21,22,24). The van der Waals surface area contributed by atoms with Crippen molar-refractivity contribution in [2.45, 2.75) is 26.4 Å². The molecule has 2 heterocycles. The van der Waals surface area contributed by atoms with Gasteiger partial charge in [0.05, 0.1) is 23.4 Å². The maximum atomic E-state index is 12.8. The van der Waals surface area contributed by atoms with Gasteiger partial charge in [0.2, 0.25) is 5.91 Å². The number of nitrogens with one attached hydrogen (secondary N) is 1. The first kappa shape index (κ1) is 18.1. The van der Waals surface area contributed by atoms with Crippen molar-refractivity contribution in [3.8, 4) is 11.3 Å². The van der Waals surface area contributed by atoms with Crippen LogP contribution in [0.15, 0.2) is 34.2 Å². The van der Waals surface area contributed by atoms with Crippen LogP contribution in [0.2, 0.25) is 0 Å². The fourth-order valence-electron chi connectivity index (χ4n) is 2.40. The summed E-state index contributed by atoms with van der Waals surface area (Å²) >= 11 is 1.14. The number of hydrogen-bond donors (Lipinski definition) is 1. The summed E-state index contributed by atoms with van der Waals surface area (Å²) in [6.07, 6.45) is -4.34. The Hall–Kier alpha value is -2.68. The van der Waals surface area contributed by atoms with Crippen LogP contribution in [0.1, 0.15) is 22.6 Å². The summed E-state index contributed by atoms with van der Waals surface area (Å²) in [7, 11) is 0. The molecule has 0 aliphatic heterocycles. The summed E-state index contributed by atoms with van der Waals surface area (Å²) in [5.74, 6) is 0.269. The van der Waals surface area contributed by atoms with Gasteiger partial charge in [0.1, 0.15) is 5.76 Å². The molecule has 1 amide bonds. The monoisotopic (exact) mass is 381 g/mol. The van der Waals surface area contributed by atoms with Gasteiger partial charge in [-0.25, -0.2) is 4.98 Å². The second-order valence-corrected chi connectivity index (χ2v) is 6.50. The highest BCUT2D eigenvalue weighted by atomic mass is 32.1. The highest BCUT2D eigenvalue weighted by Crippen LogP contribution is 2.33. The fraction of sp³-hybridized carbons (Fsp3) is 0.235. The number of rotatable bonds is 4. The normalized spacial score (nSPS) is 11.6. The lowest BCUT2D eigenvalue weighted by Gasteiger charge is -2.07. The second-order valence-electron chi connectivity index (χ2n) is 5.64. The number of hydrogen-bond acceptors (Lipinski definition) is 5. The average molecular weight is 381 g/mol. The minimum Gasteiger partial charge on any atom is -0.361 e. The Morgan fingerprint density at radius 3 is 2.73 bits per heavy atom. The predicted molar refractivity (Wildman–Crippen MR) is 90.9 cm³/mol. The number of aromatic nitrogens is 2. The van der Waals surface area contributed by atoms with E-state index in [1.165, 1.54) is 6.07 Å². The molecule has 3 rings (SSSR count). The quantitative estimate of drug-likeness (QED) is 0.716. The Labute approximate surface area is 150 Å². The number of alkyl halides is 3. The van der Waals surface area contributed by atoms with Crippen LogP contribution in [-0.4, -0.2) is 16.0 Å². The molecule has 0 radical (unpaired) electrons. The molecule has 0 atom stereocenters. The first-order valence-electron chi connectivity index (χ1n) is 7.59. The van der Waals surface area contributed by atoms with Crippen molar-refractivity contribution in [3.63, 3.8) is 0 Å². The van der Waals surface area contributed by atoms with Crippen LogP contribution in [0.5, 0.6) is 0 Å². The van der Waals surface area contributed by atoms with Crippen molar-refractivity contribution in [1.29, 1.82) is 0 Å². The van der Waals surface area contributed by atoms with Crippen molar-refractivity contribution in [2.24, 2.45) is 0 Å². The molecule has 2 aromatic heterocycles. The molecule has 0 saturated heterocycles. The average Bonchev–Trinajstić information content (AvgIpc) is 3.16. The van der Waals surface area contributed by atoms with Crippen LogP contribution in [0.25, 0.3) is 11.3 Å². The summed E-state index contributed by atoms with van der Waals surface area (Å²) in [6.45, 7) is 3.46. The number of amides is 1. The number of nitrogens with zero attached hydrogens (tertiary/aromatic N) is 2. The van der Waals surface area contributed by atoms with E-state index in [1.807, 2.05) is 0 Å². The van der Waals surface area contributed by atoms with Gasteiger partial charge in [-0.1, -0.05) is 17.3 Å². The third-order valence-corrected chi connectivity index (χ3v) is 4.51. The number of halogens is 3. The van der Waals surface area contributed by atoms with E-state index < -0.39 is 11.7 Å². The number of benzene rings is 1. The summed E-state index contributed by atoms with van der Waals surface area (Å²) in [5, 5.41) is 8.35. The van der Waals surface area contributed by atoms with Crippen molar-refractivity contribution in [2.75, 3.05) is 5.32 Å². The number of carbonyl (C=O) groups excluding carboxylic acids is 1. The molecule has 26 heavy (non-hydrogen) atoms. The lowest BCUT2D eigenvalue weighted by molar-refractivity contribution is -0.137. The van der Waals surface area contributed by atoms with Crippen molar-refractivity contribution in [1.82, 2.24) is 10.1 Å².